The van der Waals surface area contributed by atoms with Crippen LogP contribution in [0.4, 0.5) is 0 Å². The van der Waals surface area contributed by atoms with Crippen molar-refractivity contribution < 1.29 is 9.59 Å². The van der Waals surface area contributed by atoms with Gasteiger partial charge >= 0.3 is 0 Å². The molecule has 1 aliphatic heterocycles. The van der Waals surface area contributed by atoms with Crippen molar-refractivity contribution in [2.75, 3.05) is 19.6 Å². The third kappa shape index (κ3) is 4.14. The van der Waals surface area contributed by atoms with E-state index in [0.717, 1.165) is 32.1 Å². The first-order chi connectivity index (χ1) is 17.9. The molecule has 2 aliphatic carbocycles. The Labute approximate surface area is 216 Å². The van der Waals surface area contributed by atoms with Crippen molar-refractivity contribution in [3.8, 4) is 0 Å². The smallest absolute Gasteiger partial charge is 0.274 e. The fourth-order valence-corrected chi connectivity index (χ4v) is 6.82. The Bertz CT molecular complexity index is 1400. The molecule has 7 heteroatoms. The van der Waals surface area contributed by atoms with Crippen molar-refractivity contribution in [3.05, 3.63) is 76.2 Å². The number of hydrogen-bond acceptors (Lipinski definition) is 4. The highest BCUT2D eigenvalue weighted by atomic mass is 16.2. The molecule has 3 fully saturated rings. The number of fused-ring (bicyclic) bond motifs is 1. The third-order valence-corrected chi connectivity index (χ3v) is 9.26. The molecule has 2 heterocycles. The quantitative estimate of drug-likeness (QED) is 0.580. The molecule has 2 aromatic carbocycles. The van der Waals surface area contributed by atoms with E-state index >= 15 is 0 Å². The summed E-state index contributed by atoms with van der Waals surface area (Å²) in [4.78, 5) is 40.9. The van der Waals surface area contributed by atoms with Gasteiger partial charge in [0.25, 0.3) is 11.5 Å². The molecule has 1 atom stereocenters. The van der Waals surface area contributed by atoms with Gasteiger partial charge in [0.1, 0.15) is 0 Å². The van der Waals surface area contributed by atoms with Gasteiger partial charge in [-0.1, -0.05) is 61.4 Å². The molecule has 2 amide bonds. The van der Waals surface area contributed by atoms with Crippen LogP contribution in [0.5, 0.6) is 0 Å². The number of aryl methyl sites for hydroxylation is 1. The molecule has 2 saturated carbocycles. The van der Waals surface area contributed by atoms with Gasteiger partial charge in [0.05, 0.1) is 5.39 Å². The van der Waals surface area contributed by atoms with E-state index in [1.54, 1.807) is 25.2 Å². The molecule has 1 N–H and O–H groups in total. The number of likely N-dealkylation sites (tertiary alicyclic amines) is 1. The van der Waals surface area contributed by atoms with Gasteiger partial charge in [-0.05, 0) is 49.1 Å². The summed E-state index contributed by atoms with van der Waals surface area (Å²) in [6, 6.07) is 17.8. The van der Waals surface area contributed by atoms with E-state index in [2.05, 4.69) is 34.7 Å². The predicted octanol–water partition coefficient (Wildman–Crippen LogP) is 3.80. The largest absolute Gasteiger partial charge is 0.355 e. The van der Waals surface area contributed by atoms with Crippen molar-refractivity contribution in [2.24, 2.45) is 18.4 Å². The number of benzene rings is 2. The fourth-order valence-electron chi connectivity index (χ4n) is 6.82. The van der Waals surface area contributed by atoms with Crippen LogP contribution in [0.25, 0.3) is 10.8 Å². The van der Waals surface area contributed by atoms with Crippen LogP contribution < -0.4 is 10.9 Å². The van der Waals surface area contributed by atoms with Crippen molar-refractivity contribution in [1.82, 2.24) is 20.0 Å². The van der Waals surface area contributed by atoms with E-state index in [1.807, 2.05) is 17.0 Å². The number of carbonyl (C=O) groups is 2. The highest BCUT2D eigenvalue weighted by molar-refractivity contribution is 6.04. The van der Waals surface area contributed by atoms with Crippen LogP contribution >= 0.6 is 0 Å². The van der Waals surface area contributed by atoms with Gasteiger partial charge in [0.2, 0.25) is 5.91 Å². The monoisotopic (exact) mass is 498 g/mol. The van der Waals surface area contributed by atoms with Crippen LogP contribution in [-0.2, 0) is 17.3 Å². The van der Waals surface area contributed by atoms with Crippen LogP contribution in [0.1, 0.15) is 61.0 Å². The summed E-state index contributed by atoms with van der Waals surface area (Å²) in [5, 5.41) is 8.74. The number of nitrogens with zero attached hydrogens (tertiary/aromatic N) is 3. The van der Waals surface area contributed by atoms with Gasteiger partial charge in [0, 0.05) is 43.4 Å². The summed E-state index contributed by atoms with van der Waals surface area (Å²) < 4.78 is 1.24. The van der Waals surface area contributed by atoms with E-state index in [-0.39, 0.29) is 34.1 Å². The molecule has 0 unspecified atom stereocenters. The topological polar surface area (TPSA) is 84.3 Å². The second kappa shape index (κ2) is 9.12. The molecule has 3 aromatic rings. The highest BCUT2D eigenvalue weighted by Gasteiger charge is 2.59. The molecular weight excluding hydrogens is 464 g/mol. The Morgan fingerprint density at radius 3 is 2.30 bits per heavy atom. The maximum atomic E-state index is 13.4. The Kier molecular flexibility index (Phi) is 5.89. The Balaban J connectivity index is 1.10. The van der Waals surface area contributed by atoms with E-state index in [9.17, 15) is 14.4 Å². The number of hydrogen-bond donors (Lipinski definition) is 1. The first kappa shape index (κ1) is 23.9. The molecule has 1 spiro atoms. The first-order valence-electron chi connectivity index (χ1n) is 13.5. The zero-order chi connectivity index (χ0) is 25.6. The van der Waals surface area contributed by atoms with E-state index in [4.69, 9.17) is 0 Å². The third-order valence-electron chi connectivity index (χ3n) is 9.26. The van der Waals surface area contributed by atoms with Crippen LogP contribution in [0.3, 0.4) is 0 Å². The molecule has 1 aromatic heterocycles. The van der Waals surface area contributed by atoms with E-state index < -0.39 is 0 Å². The minimum absolute atomic E-state index is 0.00941. The van der Waals surface area contributed by atoms with Crippen molar-refractivity contribution in [1.29, 1.82) is 0 Å². The summed E-state index contributed by atoms with van der Waals surface area (Å²) in [6.07, 6.45) is 7.22. The molecule has 6 rings (SSSR count). The summed E-state index contributed by atoms with van der Waals surface area (Å²) in [6.45, 7) is 1.92. The Morgan fingerprint density at radius 1 is 0.946 bits per heavy atom. The zero-order valence-corrected chi connectivity index (χ0v) is 21.4. The number of nitrogens with one attached hydrogen (secondary N) is 1. The molecule has 7 nitrogen and oxygen atoms in total. The fraction of sp³-hybridized carbons (Fsp3) is 0.467. The number of aromatic nitrogens is 2. The van der Waals surface area contributed by atoms with Gasteiger partial charge in [-0.3, -0.25) is 14.4 Å². The van der Waals surface area contributed by atoms with Crippen LogP contribution in [-0.4, -0.2) is 46.1 Å². The molecule has 3 aliphatic rings. The summed E-state index contributed by atoms with van der Waals surface area (Å²) >= 11 is 0. The number of carbonyl (C=O) groups excluding carboxylic acids is 2. The van der Waals surface area contributed by atoms with E-state index in [0.29, 0.717) is 36.1 Å². The normalized spacial score (nSPS) is 21.8. The zero-order valence-electron chi connectivity index (χ0n) is 21.4. The van der Waals surface area contributed by atoms with Crippen molar-refractivity contribution >= 4 is 22.6 Å². The summed E-state index contributed by atoms with van der Waals surface area (Å²) in [7, 11) is 1.58. The SMILES string of the molecule is Cn1nc(C(=O)N2CCC3(CC2)C[C@H]3C(=O)NCC2(c3ccccc3)CCCC2)c2ccccc2c1=O. The minimum atomic E-state index is -0.205. The molecule has 0 radical (unpaired) electrons. The van der Waals surface area contributed by atoms with Crippen LogP contribution in [0.2, 0.25) is 0 Å². The second-order valence-electron chi connectivity index (χ2n) is 11.3. The Hall–Kier alpha value is -3.48. The molecular formula is C30H34N4O3. The summed E-state index contributed by atoms with van der Waals surface area (Å²) in [5.41, 5.74) is 1.52. The van der Waals surface area contributed by atoms with Gasteiger partial charge < -0.3 is 10.2 Å². The summed E-state index contributed by atoms with van der Waals surface area (Å²) in [5.74, 6) is 0.0671. The lowest BCUT2D eigenvalue weighted by molar-refractivity contribution is -0.123. The van der Waals surface area contributed by atoms with Crippen LogP contribution in [0.15, 0.2) is 59.4 Å². The van der Waals surface area contributed by atoms with Crippen molar-refractivity contribution in [2.45, 2.75) is 50.4 Å². The van der Waals surface area contributed by atoms with Gasteiger partial charge in [-0.25, -0.2) is 4.68 Å². The Morgan fingerprint density at radius 2 is 1.59 bits per heavy atom. The van der Waals surface area contributed by atoms with Gasteiger partial charge in [-0.2, -0.15) is 5.10 Å². The molecule has 37 heavy (non-hydrogen) atoms. The van der Waals surface area contributed by atoms with Gasteiger partial charge in [0.15, 0.2) is 5.69 Å². The minimum Gasteiger partial charge on any atom is -0.355 e. The maximum absolute atomic E-state index is 13.4. The van der Waals surface area contributed by atoms with Crippen LogP contribution in [0, 0.1) is 11.3 Å². The standard InChI is InChI=1S/C30H34N4O3/c1-33-27(36)23-12-6-5-11-22(23)25(32-33)28(37)34-17-15-29(16-18-34)19-24(29)26(35)31-20-30(13-7-8-14-30)21-9-3-2-4-10-21/h2-6,9-12,24H,7-8,13-20H2,1H3,(H,31,35)/t24-/m0/s1. The second-order valence-corrected chi connectivity index (χ2v) is 11.3. The average Bonchev–Trinajstić information content (AvgIpc) is 3.41. The predicted molar refractivity (Wildman–Crippen MR) is 142 cm³/mol. The molecule has 1 saturated heterocycles. The lowest BCUT2D eigenvalue weighted by Crippen LogP contribution is -2.43. The van der Waals surface area contributed by atoms with E-state index in [1.165, 1.54) is 23.1 Å². The molecule has 0 bridgehead atoms. The first-order valence-corrected chi connectivity index (χ1v) is 13.5. The maximum Gasteiger partial charge on any atom is 0.274 e. The van der Waals surface area contributed by atoms with Gasteiger partial charge in [-0.15, -0.1) is 0 Å². The average molecular weight is 499 g/mol. The molecule has 192 valence electrons. The highest BCUT2D eigenvalue weighted by Crippen LogP contribution is 2.59. The lowest BCUT2D eigenvalue weighted by atomic mass is 9.78. The number of piperidine rings is 1. The van der Waals surface area contributed by atoms with Crippen molar-refractivity contribution in [3.63, 3.8) is 0 Å². The number of amides is 2. The number of rotatable bonds is 5. The lowest BCUT2D eigenvalue weighted by Gasteiger charge is -2.33.